The standard InChI is InChI=1S/C22H13N3O3/c26-13-14-8-9-18-15(11-14)12-20(24(18)19-7-3-4-10-23-19)25-21(27)16-5-1-2-6-17(16)22(25)28/h1-13H. The van der Waals surface area contributed by atoms with Crippen molar-refractivity contribution < 1.29 is 14.4 Å². The van der Waals surface area contributed by atoms with Gasteiger partial charge < -0.3 is 0 Å². The van der Waals surface area contributed by atoms with Crippen LogP contribution >= 0.6 is 0 Å². The van der Waals surface area contributed by atoms with E-state index < -0.39 is 0 Å². The molecule has 2 amide bonds. The summed E-state index contributed by atoms with van der Waals surface area (Å²) in [5, 5.41) is 0.738. The largest absolute Gasteiger partial charge is 0.298 e. The van der Waals surface area contributed by atoms with Gasteiger partial charge in [0.2, 0.25) is 0 Å². The van der Waals surface area contributed by atoms with Gasteiger partial charge in [-0.2, -0.15) is 0 Å². The van der Waals surface area contributed by atoms with Crippen LogP contribution in [0.2, 0.25) is 0 Å². The quantitative estimate of drug-likeness (QED) is 0.409. The van der Waals surface area contributed by atoms with Gasteiger partial charge in [-0.3, -0.25) is 19.0 Å². The number of aromatic nitrogens is 2. The Balaban J connectivity index is 1.79. The monoisotopic (exact) mass is 367 g/mol. The number of carbonyl (C=O) groups excluding carboxylic acids is 3. The third kappa shape index (κ3) is 2.21. The highest BCUT2D eigenvalue weighted by Gasteiger charge is 2.38. The summed E-state index contributed by atoms with van der Waals surface area (Å²) in [6.45, 7) is 0. The molecule has 6 heteroatoms. The molecule has 1 aliphatic rings. The van der Waals surface area contributed by atoms with Gasteiger partial charge in [0.15, 0.2) is 0 Å². The van der Waals surface area contributed by atoms with E-state index in [1.165, 1.54) is 4.90 Å². The Labute approximate surface area is 159 Å². The minimum atomic E-state index is -0.379. The summed E-state index contributed by atoms with van der Waals surface area (Å²) >= 11 is 0. The van der Waals surface area contributed by atoms with Crippen molar-refractivity contribution in [3.63, 3.8) is 0 Å². The number of carbonyl (C=O) groups is 3. The first-order chi connectivity index (χ1) is 13.7. The molecule has 0 unspecified atom stereocenters. The van der Waals surface area contributed by atoms with Crippen molar-refractivity contribution in [2.45, 2.75) is 0 Å². The van der Waals surface area contributed by atoms with Gasteiger partial charge in [-0.25, -0.2) is 9.88 Å². The molecule has 2 aromatic heterocycles. The van der Waals surface area contributed by atoms with Gasteiger partial charge in [0.1, 0.15) is 17.9 Å². The van der Waals surface area contributed by atoms with Crippen LogP contribution in [-0.4, -0.2) is 27.7 Å². The number of fused-ring (bicyclic) bond motifs is 2. The molecule has 0 saturated carbocycles. The van der Waals surface area contributed by atoms with E-state index in [4.69, 9.17) is 0 Å². The van der Waals surface area contributed by atoms with Gasteiger partial charge in [0, 0.05) is 17.1 Å². The molecule has 0 saturated heterocycles. The van der Waals surface area contributed by atoms with E-state index in [-0.39, 0.29) is 11.8 Å². The molecule has 0 N–H and O–H groups in total. The lowest BCUT2D eigenvalue weighted by Gasteiger charge is -2.17. The van der Waals surface area contributed by atoms with Crippen molar-refractivity contribution in [2.75, 3.05) is 4.90 Å². The summed E-state index contributed by atoms with van der Waals surface area (Å²) in [4.78, 5) is 42.8. The van der Waals surface area contributed by atoms with Crippen LogP contribution in [0.5, 0.6) is 0 Å². The predicted octanol–water partition coefficient (Wildman–Crippen LogP) is 3.64. The van der Waals surface area contributed by atoms with Crippen molar-refractivity contribution in [1.82, 2.24) is 9.55 Å². The number of rotatable bonds is 3. The van der Waals surface area contributed by atoms with Crippen LogP contribution in [0.1, 0.15) is 31.1 Å². The number of nitrogens with zero attached hydrogens (tertiary/aromatic N) is 3. The maximum atomic E-state index is 13.0. The minimum Gasteiger partial charge on any atom is -0.298 e. The molecular formula is C22H13N3O3. The van der Waals surface area contributed by atoms with E-state index >= 15 is 0 Å². The summed E-state index contributed by atoms with van der Waals surface area (Å²) in [6.07, 6.45) is 2.41. The molecule has 0 aliphatic carbocycles. The van der Waals surface area contributed by atoms with Gasteiger partial charge in [-0.05, 0) is 48.5 Å². The zero-order valence-electron chi connectivity index (χ0n) is 14.6. The van der Waals surface area contributed by atoms with Crippen LogP contribution in [0.3, 0.4) is 0 Å². The van der Waals surface area contributed by atoms with E-state index in [2.05, 4.69) is 4.98 Å². The fourth-order valence-corrected chi connectivity index (χ4v) is 3.58. The number of amides is 2. The van der Waals surface area contributed by atoms with Crippen molar-refractivity contribution in [3.05, 3.63) is 89.6 Å². The zero-order chi connectivity index (χ0) is 19.3. The van der Waals surface area contributed by atoms with Crippen LogP contribution < -0.4 is 4.90 Å². The third-order valence-corrected chi connectivity index (χ3v) is 4.84. The number of hydrogen-bond donors (Lipinski definition) is 0. The topological polar surface area (TPSA) is 72.3 Å². The molecule has 0 atom stereocenters. The first-order valence-electron chi connectivity index (χ1n) is 8.69. The molecular weight excluding hydrogens is 354 g/mol. The maximum Gasteiger partial charge on any atom is 0.267 e. The Kier molecular flexibility index (Phi) is 3.45. The summed E-state index contributed by atoms with van der Waals surface area (Å²) in [7, 11) is 0. The Morgan fingerprint density at radius 2 is 1.54 bits per heavy atom. The fourth-order valence-electron chi connectivity index (χ4n) is 3.58. The molecule has 5 rings (SSSR count). The minimum absolute atomic E-state index is 0.374. The average molecular weight is 367 g/mol. The van der Waals surface area contributed by atoms with Crippen molar-refractivity contribution in [3.8, 4) is 5.82 Å². The molecule has 0 bridgehead atoms. The average Bonchev–Trinajstić information content (AvgIpc) is 3.23. The number of benzene rings is 2. The van der Waals surface area contributed by atoms with Gasteiger partial charge in [-0.1, -0.05) is 18.2 Å². The van der Waals surface area contributed by atoms with Crippen molar-refractivity contribution in [1.29, 1.82) is 0 Å². The Hall–Kier alpha value is -4.06. The second-order valence-corrected chi connectivity index (χ2v) is 6.45. The second kappa shape index (κ2) is 5.99. The highest BCUT2D eigenvalue weighted by atomic mass is 16.2. The number of anilines is 1. The smallest absolute Gasteiger partial charge is 0.267 e. The van der Waals surface area contributed by atoms with Crippen LogP contribution in [0.25, 0.3) is 16.7 Å². The van der Waals surface area contributed by atoms with Gasteiger partial charge in [0.25, 0.3) is 11.8 Å². The Morgan fingerprint density at radius 3 is 2.18 bits per heavy atom. The van der Waals surface area contributed by atoms with Crippen molar-refractivity contribution in [2.24, 2.45) is 0 Å². The molecule has 0 spiro atoms. The van der Waals surface area contributed by atoms with Crippen LogP contribution in [0.15, 0.2) is 72.9 Å². The molecule has 3 heterocycles. The summed E-state index contributed by atoms with van der Waals surface area (Å²) < 4.78 is 1.76. The predicted molar refractivity (Wildman–Crippen MR) is 104 cm³/mol. The lowest BCUT2D eigenvalue weighted by molar-refractivity contribution is 0.0924. The lowest BCUT2D eigenvalue weighted by atomic mass is 10.1. The Bertz CT molecular complexity index is 1240. The van der Waals surface area contributed by atoms with Crippen LogP contribution in [0, 0.1) is 0 Å². The van der Waals surface area contributed by atoms with E-state index in [1.54, 1.807) is 71.4 Å². The third-order valence-electron chi connectivity index (χ3n) is 4.84. The molecule has 0 radical (unpaired) electrons. The highest BCUT2D eigenvalue weighted by molar-refractivity contribution is 6.34. The van der Waals surface area contributed by atoms with E-state index in [0.29, 0.717) is 28.3 Å². The van der Waals surface area contributed by atoms with Crippen molar-refractivity contribution >= 4 is 34.8 Å². The maximum absolute atomic E-state index is 13.0. The molecule has 28 heavy (non-hydrogen) atoms. The number of pyridine rings is 1. The van der Waals surface area contributed by atoms with E-state index in [1.807, 2.05) is 6.07 Å². The molecule has 134 valence electrons. The first kappa shape index (κ1) is 16.1. The molecule has 2 aromatic carbocycles. The first-order valence-corrected chi connectivity index (χ1v) is 8.69. The lowest BCUT2D eigenvalue weighted by Crippen LogP contribution is -2.31. The summed E-state index contributed by atoms with van der Waals surface area (Å²) in [5.74, 6) is 0.207. The van der Waals surface area contributed by atoms with E-state index in [0.717, 1.165) is 17.2 Å². The number of aldehydes is 1. The normalized spacial score (nSPS) is 13.2. The van der Waals surface area contributed by atoms with Gasteiger partial charge >= 0.3 is 0 Å². The Morgan fingerprint density at radius 1 is 0.821 bits per heavy atom. The molecule has 0 fully saturated rings. The number of hydrogen-bond acceptors (Lipinski definition) is 4. The summed E-state index contributed by atoms with van der Waals surface area (Å²) in [5.41, 5.74) is 2.01. The highest BCUT2D eigenvalue weighted by Crippen LogP contribution is 2.35. The summed E-state index contributed by atoms with van der Waals surface area (Å²) in [6, 6.07) is 19.1. The van der Waals surface area contributed by atoms with Crippen LogP contribution in [0.4, 0.5) is 5.82 Å². The SMILES string of the molecule is O=Cc1ccc2c(c1)cc(N1C(=O)c3ccccc3C1=O)n2-c1ccccn1. The molecule has 6 nitrogen and oxygen atoms in total. The molecule has 4 aromatic rings. The zero-order valence-corrected chi connectivity index (χ0v) is 14.6. The van der Waals surface area contributed by atoms with Gasteiger partial charge in [0.05, 0.1) is 16.6 Å². The second-order valence-electron chi connectivity index (χ2n) is 6.45. The molecule has 1 aliphatic heterocycles. The van der Waals surface area contributed by atoms with Gasteiger partial charge in [-0.15, -0.1) is 0 Å². The fraction of sp³-hybridized carbons (Fsp3) is 0. The van der Waals surface area contributed by atoms with Crippen LogP contribution in [-0.2, 0) is 0 Å². The van der Waals surface area contributed by atoms with E-state index in [9.17, 15) is 14.4 Å². The number of imide groups is 1.